The third-order valence-electron chi connectivity index (χ3n) is 4.28. The molecule has 25 heavy (non-hydrogen) atoms. The number of fused-ring (bicyclic) bond motifs is 3. The molecule has 5 heteroatoms. The van der Waals surface area contributed by atoms with Gasteiger partial charge >= 0.3 is 0 Å². The van der Waals surface area contributed by atoms with Crippen molar-refractivity contribution in [2.24, 2.45) is 4.99 Å². The van der Waals surface area contributed by atoms with Crippen molar-refractivity contribution in [3.8, 4) is 11.1 Å². The summed E-state index contributed by atoms with van der Waals surface area (Å²) in [6.45, 7) is 0. The van der Waals surface area contributed by atoms with Gasteiger partial charge in [0.15, 0.2) is 0 Å². The van der Waals surface area contributed by atoms with Crippen molar-refractivity contribution in [2.45, 2.75) is 4.83 Å². The molecule has 0 aromatic heterocycles. The van der Waals surface area contributed by atoms with Gasteiger partial charge in [-0.05, 0) is 39.9 Å². The van der Waals surface area contributed by atoms with Gasteiger partial charge in [-0.15, -0.1) is 0 Å². The summed E-state index contributed by atoms with van der Waals surface area (Å²) < 4.78 is 0. The van der Waals surface area contributed by atoms with E-state index in [1.165, 1.54) is 34.4 Å². The first kappa shape index (κ1) is 15.7. The lowest BCUT2D eigenvalue weighted by atomic mass is 10.1. The van der Waals surface area contributed by atoms with Crippen LogP contribution in [0, 0.1) is 10.1 Å². The summed E-state index contributed by atoms with van der Waals surface area (Å²) in [5.41, 5.74) is 6.50. The average Bonchev–Trinajstić information content (AvgIpc) is 2.93. The van der Waals surface area contributed by atoms with Crippen molar-refractivity contribution in [1.29, 1.82) is 0 Å². The van der Waals surface area contributed by atoms with Gasteiger partial charge in [-0.25, -0.2) is 0 Å². The number of hydrogen-bond donors (Lipinski definition) is 0. The Labute approximate surface area is 153 Å². The van der Waals surface area contributed by atoms with E-state index in [0.29, 0.717) is 5.56 Å². The lowest BCUT2D eigenvalue weighted by Crippen LogP contribution is -1.89. The number of nitrogens with zero attached hydrogens (tertiary/aromatic N) is 2. The standard InChI is InChI=1S/C20H13BrN2O2/c21-20-18-7-2-1-6-16(18)17-9-8-14(11-19(17)20)22-12-13-4-3-5-15(10-13)23(24)25/h1-12,20H/t20-/m1/s1. The summed E-state index contributed by atoms with van der Waals surface area (Å²) in [6, 6.07) is 20.9. The predicted molar refractivity (Wildman–Crippen MR) is 103 cm³/mol. The van der Waals surface area contributed by atoms with E-state index in [-0.39, 0.29) is 10.5 Å². The second-order valence-corrected chi connectivity index (χ2v) is 6.75. The highest BCUT2D eigenvalue weighted by Crippen LogP contribution is 2.48. The molecule has 0 aliphatic heterocycles. The molecular formula is C20H13BrN2O2. The van der Waals surface area contributed by atoms with Crippen LogP contribution in [0.5, 0.6) is 0 Å². The van der Waals surface area contributed by atoms with Gasteiger partial charge in [0.2, 0.25) is 0 Å². The SMILES string of the molecule is O=[N+]([O-])c1cccc(C=Nc2ccc3c(c2)[C@H](Br)c2ccccc2-3)c1. The molecular weight excluding hydrogens is 380 g/mol. The largest absolute Gasteiger partial charge is 0.270 e. The number of hydrogen-bond acceptors (Lipinski definition) is 3. The molecule has 0 saturated heterocycles. The van der Waals surface area contributed by atoms with Crippen LogP contribution in [-0.2, 0) is 0 Å². The van der Waals surface area contributed by atoms with E-state index in [0.717, 1.165) is 5.69 Å². The first-order valence-corrected chi connectivity index (χ1v) is 8.71. The summed E-state index contributed by atoms with van der Waals surface area (Å²) in [5.74, 6) is 0. The van der Waals surface area contributed by atoms with Crippen molar-refractivity contribution < 1.29 is 4.92 Å². The Kier molecular flexibility index (Phi) is 3.93. The van der Waals surface area contributed by atoms with E-state index < -0.39 is 4.92 Å². The smallest absolute Gasteiger partial charge is 0.258 e. The first-order chi connectivity index (χ1) is 12.1. The van der Waals surface area contributed by atoms with Crippen molar-refractivity contribution in [2.75, 3.05) is 0 Å². The first-order valence-electron chi connectivity index (χ1n) is 7.79. The van der Waals surface area contributed by atoms with Gasteiger partial charge < -0.3 is 0 Å². The van der Waals surface area contributed by atoms with Crippen LogP contribution in [-0.4, -0.2) is 11.1 Å². The number of nitro benzene ring substituents is 1. The Bertz CT molecular complexity index is 1010. The average molecular weight is 393 g/mol. The van der Waals surface area contributed by atoms with Crippen LogP contribution in [0.4, 0.5) is 11.4 Å². The molecule has 3 aromatic carbocycles. The Balaban J connectivity index is 1.66. The van der Waals surface area contributed by atoms with Crippen molar-refractivity contribution in [3.05, 3.63) is 93.5 Å². The van der Waals surface area contributed by atoms with Crippen molar-refractivity contribution in [3.63, 3.8) is 0 Å². The fraction of sp³-hybridized carbons (Fsp3) is 0.0500. The van der Waals surface area contributed by atoms with Gasteiger partial charge in [0.05, 0.1) is 15.4 Å². The van der Waals surface area contributed by atoms with E-state index in [4.69, 9.17) is 0 Å². The van der Waals surface area contributed by atoms with Crippen molar-refractivity contribution >= 4 is 33.5 Å². The number of benzene rings is 3. The quantitative estimate of drug-likeness (QED) is 0.244. The normalized spacial score (nSPS) is 15.2. The van der Waals surface area contributed by atoms with E-state index in [1.807, 2.05) is 18.2 Å². The monoisotopic (exact) mass is 392 g/mol. The summed E-state index contributed by atoms with van der Waals surface area (Å²) in [4.78, 5) is 15.1. The maximum atomic E-state index is 10.9. The number of halogens is 1. The Morgan fingerprint density at radius 1 is 0.960 bits per heavy atom. The summed E-state index contributed by atoms with van der Waals surface area (Å²) >= 11 is 3.76. The van der Waals surface area contributed by atoms with Gasteiger partial charge in [-0.2, -0.15) is 0 Å². The fourth-order valence-corrected chi connectivity index (χ4v) is 3.86. The number of alkyl halides is 1. The Morgan fingerprint density at radius 3 is 2.60 bits per heavy atom. The van der Waals surface area contributed by atoms with E-state index in [9.17, 15) is 10.1 Å². The summed E-state index contributed by atoms with van der Waals surface area (Å²) in [7, 11) is 0. The third kappa shape index (κ3) is 2.87. The van der Waals surface area contributed by atoms with Crippen LogP contribution >= 0.6 is 15.9 Å². The molecule has 1 aliphatic carbocycles. The van der Waals surface area contributed by atoms with E-state index in [1.54, 1.807) is 18.3 Å². The Hall–Kier alpha value is -2.79. The maximum Gasteiger partial charge on any atom is 0.270 e. The molecule has 4 rings (SSSR count). The van der Waals surface area contributed by atoms with Gasteiger partial charge in [-0.3, -0.25) is 15.1 Å². The van der Waals surface area contributed by atoms with Crippen LogP contribution in [0.3, 0.4) is 0 Å². The van der Waals surface area contributed by atoms with Gasteiger partial charge in [0.25, 0.3) is 5.69 Å². The van der Waals surface area contributed by atoms with Gasteiger partial charge in [0, 0.05) is 18.3 Å². The molecule has 4 nitrogen and oxygen atoms in total. The molecule has 0 spiro atoms. The fourth-order valence-electron chi connectivity index (χ4n) is 3.08. The van der Waals surface area contributed by atoms with E-state index in [2.05, 4.69) is 45.2 Å². The highest BCUT2D eigenvalue weighted by molar-refractivity contribution is 9.09. The number of aliphatic imine (C=N–C) groups is 1. The molecule has 1 aliphatic rings. The molecule has 0 unspecified atom stereocenters. The summed E-state index contributed by atoms with van der Waals surface area (Å²) in [6.07, 6.45) is 1.65. The molecule has 0 fully saturated rings. The highest BCUT2D eigenvalue weighted by Gasteiger charge is 2.26. The Morgan fingerprint density at radius 2 is 1.76 bits per heavy atom. The molecule has 0 N–H and O–H groups in total. The zero-order valence-electron chi connectivity index (χ0n) is 13.1. The van der Waals surface area contributed by atoms with Gasteiger partial charge in [0.1, 0.15) is 0 Å². The zero-order chi connectivity index (χ0) is 17.4. The zero-order valence-corrected chi connectivity index (χ0v) is 14.7. The van der Waals surface area contributed by atoms with Crippen LogP contribution in [0.1, 0.15) is 21.5 Å². The van der Waals surface area contributed by atoms with E-state index >= 15 is 0 Å². The molecule has 1 atom stereocenters. The lowest BCUT2D eigenvalue weighted by molar-refractivity contribution is -0.384. The minimum absolute atomic E-state index is 0.0638. The lowest BCUT2D eigenvalue weighted by Gasteiger charge is -2.05. The summed E-state index contributed by atoms with van der Waals surface area (Å²) in [5, 5.41) is 10.9. The van der Waals surface area contributed by atoms with Gasteiger partial charge in [-0.1, -0.05) is 58.4 Å². The molecule has 0 heterocycles. The number of nitro groups is 1. The molecule has 122 valence electrons. The minimum Gasteiger partial charge on any atom is -0.258 e. The van der Waals surface area contributed by atoms with Crippen LogP contribution in [0.15, 0.2) is 71.7 Å². The van der Waals surface area contributed by atoms with Crippen molar-refractivity contribution in [1.82, 2.24) is 0 Å². The topological polar surface area (TPSA) is 55.5 Å². The molecule has 0 amide bonds. The molecule has 0 radical (unpaired) electrons. The van der Waals surface area contributed by atoms with Crippen LogP contribution in [0.2, 0.25) is 0 Å². The molecule has 0 saturated carbocycles. The minimum atomic E-state index is -0.403. The molecule has 3 aromatic rings. The van der Waals surface area contributed by atoms with Crippen LogP contribution < -0.4 is 0 Å². The third-order valence-corrected chi connectivity index (χ3v) is 5.26. The number of rotatable bonds is 3. The predicted octanol–water partition coefficient (Wildman–Crippen LogP) is 5.81. The number of non-ortho nitro benzene ring substituents is 1. The maximum absolute atomic E-state index is 10.9. The highest BCUT2D eigenvalue weighted by atomic mass is 79.9. The second kappa shape index (κ2) is 6.26. The molecule has 0 bridgehead atoms. The second-order valence-electron chi connectivity index (χ2n) is 5.83. The van der Waals surface area contributed by atoms with Crippen LogP contribution in [0.25, 0.3) is 11.1 Å².